The van der Waals surface area contributed by atoms with Gasteiger partial charge in [-0.3, -0.25) is 9.69 Å². The van der Waals surface area contributed by atoms with Crippen molar-refractivity contribution in [3.05, 3.63) is 11.1 Å². The Balaban J connectivity index is 1.89. The number of nitrogens with zero attached hydrogens (tertiary/aromatic N) is 2. The molecule has 1 amide bonds. The van der Waals surface area contributed by atoms with Gasteiger partial charge in [-0.2, -0.15) is 0 Å². The normalized spacial score (nSPS) is 21.4. The van der Waals surface area contributed by atoms with Crippen LogP contribution in [0.25, 0.3) is 0 Å². The summed E-state index contributed by atoms with van der Waals surface area (Å²) in [4.78, 5) is 17.7. The standard InChI is InChI=1S/C11H18N4OS/c1-8-5-15(4-3-12-8)6-10-7-17-11(14-10)13-9(2)16/h7-8,12H,3-6H2,1-2H3,(H,13,14,16)/t8-/m1/s1. The molecule has 6 heteroatoms. The van der Waals surface area contributed by atoms with Crippen LogP contribution in [0, 0.1) is 0 Å². The summed E-state index contributed by atoms with van der Waals surface area (Å²) in [6, 6.07) is 0.539. The van der Waals surface area contributed by atoms with Crippen molar-refractivity contribution in [2.45, 2.75) is 26.4 Å². The van der Waals surface area contributed by atoms with Gasteiger partial charge in [-0.1, -0.05) is 0 Å². The van der Waals surface area contributed by atoms with Gasteiger partial charge >= 0.3 is 0 Å². The summed E-state index contributed by atoms with van der Waals surface area (Å²) in [7, 11) is 0. The number of amides is 1. The molecule has 0 unspecified atom stereocenters. The monoisotopic (exact) mass is 254 g/mol. The maximum absolute atomic E-state index is 10.9. The number of nitrogens with one attached hydrogen (secondary N) is 2. The van der Waals surface area contributed by atoms with Crippen LogP contribution in [-0.4, -0.2) is 41.5 Å². The van der Waals surface area contributed by atoms with Crippen LogP contribution in [0.4, 0.5) is 5.13 Å². The molecule has 0 aromatic carbocycles. The largest absolute Gasteiger partial charge is 0.312 e. The quantitative estimate of drug-likeness (QED) is 0.841. The van der Waals surface area contributed by atoms with Gasteiger partial charge in [0.1, 0.15) is 0 Å². The highest BCUT2D eigenvalue weighted by molar-refractivity contribution is 7.13. The molecule has 0 saturated carbocycles. The number of piperazine rings is 1. The van der Waals surface area contributed by atoms with Crippen molar-refractivity contribution in [3.8, 4) is 0 Å². The second-order valence-electron chi connectivity index (χ2n) is 4.42. The topological polar surface area (TPSA) is 57.3 Å². The van der Waals surface area contributed by atoms with Gasteiger partial charge in [-0.15, -0.1) is 11.3 Å². The summed E-state index contributed by atoms with van der Waals surface area (Å²) in [6.45, 7) is 7.69. The van der Waals surface area contributed by atoms with Crippen molar-refractivity contribution in [1.29, 1.82) is 0 Å². The van der Waals surface area contributed by atoms with Gasteiger partial charge in [0.15, 0.2) is 5.13 Å². The maximum Gasteiger partial charge on any atom is 0.223 e. The molecule has 1 aliphatic rings. The Morgan fingerprint density at radius 2 is 2.59 bits per heavy atom. The van der Waals surface area contributed by atoms with E-state index in [0.29, 0.717) is 11.2 Å². The molecule has 5 nitrogen and oxygen atoms in total. The third-order valence-electron chi connectivity index (χ3n) is 2.67. The van der Waals surface area contributed by atoms with Crippen molar-refractivity contribution in [3.63, 3.8) is 0 Å². The first kappa shape index (κ1) is 12.5. The zero-order valence-electron chi connectivity index (χ0n) is 10.2. The van der Waals surface area contributed by atoms with Gasteiger partial charge in [0.2, 0.25) is 5.91 Å². The lowest BCUT2D eigenvalue weighted by molar-refractivity contribution is -0.114. The molecule has 1 aromatic heterocycles. The first-order valence-corrected chi connectivity index (χ1v) is 6.69. The molecule has 0 spiro atoms. The number of rotatable bonds is 3. The Morgan fingerprint density at radius 1 is 1.76 bits per heavy atom. The van der Waals surface area contributed by atoms with E-state index in [0.717, 1.165) is 31.9 Å². The van der Waals surface area contributed by atoms with Crippen molar-refractivity contribution >= 4 is 22.4 Å². The molecule has 1 aliphatic heterocycles. The fourth-order valence-corrected chi connectivity index (χ4v) is 2.72. The SMILES string of the molecule is CC(=O)Nc1nc(CN2CCN[C@H](C)C2)cs1. The van der Waals surface area contributed by atoms with E-state index < -0.39 is 0 Å². The Morgan fingerprint density at radius 3 is 3.29 bits per heavy atom. The van der Waals surface area contributed by atoms with Gasteiger partial charge in [-0.25, -0.2) is 4.98 Å². The molecular weight excluding hydrogens is 236 g/mol. The molecule has 1 saturated heterocycles. The molecule has 0 aliphatic carbocycles. The van der Waals surface area contributed by atoms with E-state index in [1.165, 1.54) is 18.3 Å². The van der Waals surface area contributed by atoms with Gasteiger partial charge in [0.05, 0.1) is 5.69 Å². The highest BCUT2D eigenvalue weighted by atomic mass is 32.1. The zero-order chi connectivity index (χ0) is 12.3. The number of hydrogen-bond donors (Lipinski definition) is 2. The summed E-state index contributed by atoms with van der Waals surface area (Å²) in [5.41, 5.74) is 1.04. The summed E-state index contributed by atoms with van der Waals surface area (Å²) < 4.78 is 0. The number of thiazole rings is 1. The van der Waals surface area contributed by atoms with Crippen LogP contribution in [0.5, 0.6) is 0 Å². The van der Waals surface area contributed by atoms with E-state index in [1.54, 1.807) is 0 Å². The molecule has 1 atom stereocenters. The molecule has 2 N–H and O–H groups in total. The maximum atomic E-state index is 10.9. The van der Waals surface area contributed by atoms with E-state index >= 15 is 0 Å². The molecular formula is C11H18N4OS. The van der Waals surface area contributed by atoms with Gasteiger partial charge in [0.25, 0.3) is 0 Å². The van der Waals surface area contributed by atoms with Crippen molar-refractivity contribution in [1.82, 2.24) is 15.2 Å². The van der Waals surface area contributed by atoms with Crippen LogP contribution in [0.15, 0.2) is 5.38 Å². The van der Waals surface area contributed by atoms with Crippen LogP contribution in [-0.2, 0) is 11.3 Å². The van der Waals surface area contributed by atoms with Crippen LogP contribution < -0.4 is 10.6 Å². The summed E-state index contributed by atoms with van der Waals surface area (Å²) >= 11 is 1.48. The number of anilines is 1. The lowest BCUT2D eigenvalue weighted by atomic mass is 10.2. The average molecular weight is 254 g/mol. The Hall–Kier alpha value is -0.980. The molecule has 1 fully saturated rings. The van der Waals surface area contributed by atoms with Crippen molar-refractivity contribution in [2.75, 3.05) is 25.0 Å². The summed E-state index contributed by atoms with van der Waals surface area (Å²) in [5.74, 6) is -0.0679. The number of aromatic nitrogens is 1. The smallest absolute Gasteiger partial charge is 0.223 e. The van der Waals surface area contributed by atoms with Crippen LogP contribution in [0.3, 0.4) is 0 Å². The van der Waals surface area contributed by atoms with Crippen molar-refractivity contribution in [2.24, 2.45) is 0 Å². The first-order chi connectivity index (χ1) is 8.13. The zero-order valence-corrected chi connectivity index (χ0v) is 11.0. The van der Waals surface area contributed by atoms with Gasteiger partial charge in [-0.05, 0) is 6.92 Å². The third-order valence-corrected chi connectivity index (χ3v) is 3.48. The molecule has 0 bridgehead atoms. The Bertz CT molecular complexity index is 393. The predicted octanol–water partition coefficient (Wildman–Crippen LogP) is 0.895. The minimum atomic E-state index is -0.0679. The Labute approximate surface area is 105 Å². The van der Waals surface area contributed by atoms with Gasteiger partial charge < -0.3 is 10.6 Å². The molecule has 2 rings (SSSR count). The second-order valence-corrected chi connectivity index (χ2v) is 5.27. The highest BCUT2D eigenvalue weighted by Gasteiger charge is 2.16. The minimum absolute atomic E-state index is 0.0679. The number of carbonyl (C=O) groups is 1. The van der Waals surface area contributed by atoms with Crippen LogP contribution in [0.1, 0.15) is 19.5 Å². The van der Waals surface area contributed by atoms with E-state index in [1.807, 2.05) is 5.38 Å². The fraction of sp³-hybridized carbons (Fsp3) is 0.636. The molecule has 17 heavy (non-hydrogen) atoms. The molecule has 0 radical (unpaired) electrons. The van der Waals surface area contributed by atoms with Crippen molar-refractivity contribution < 1.29 is 4.79 Å². The first-order valence-electron chi connectivity index (χ1n) is 5.81. The van der Waals surface area contributed by atoms with E-state index in [2.05, 4.69) is 27.4 Å². The minimum Gasteiger partial charge on any atom is -0.312 e. The Kier molecular flexibility index (Phi) is 4.09. The lowest BCUT2D eigenvalue weighted by Gasteiger charge is -2.31. The highest BCUT2D eigenvalue weighted by Crippen LogP contribution is 2.17. The van der Waals surface area contributed by atoms with Crippen LogP contribution >= 0.6 is 11.3 Å². The summed E-state index contributed by atoms with van der Waals surface area (Å²) in [5, 5.41) is 8.82. The fourth-order valence-electron chi connectivity index (χ4n) is 1.97. The molecule has 94 valence electrons. The van der Waals surface area contributed by atoms with E-state index in [-0.39, 0.29) is 5.91 Å². The van der Waals surface area contributed by atoms with E-state index in [9.17, 15) is 4.79 Å². The van der Waals surface area contributed by atoms with Gasteiger partial charge in [0, 0.05) is 44.5 Å². The number of hydrogen-bond acceptors (Lipinski definition) is 5. The van der Waals surface area contributed by atoms with E-state index in [4.69, 9.17) is 0 Å². The second kappa shape index (κ2) is 5.57. The average Bonchev–Trinajstić information content (AvgIpc) is 2.64. The van der Waals surface area contributed by atoms with Crippen LogP contribution in [0.2, 0.25) is 0 Å². The predicted molar refractivity (Wildman–Crippen MR) is 69.2 cm³/mol. The number of carbonyl (C=O) groups excluding carboxylic acids is 1. The summed E-state index contributed by atoms with van der Waals surface area (Å²) in [6.07, 6.45) is 0. The molecule has 1 aromatic rings. The molecule has 2 heterocycles. The third kappa shape index (κ3) is 3.76. The lowest BCUT2D eigenvalue weighted by Crippen LogP contribution is -2.48.